The summed E-state index contributed by atoms with van der Waals surface area (Å²) in [5.41, 5.74) is 0.963. The van der Waals surface area contributed by atoms with Crippen LogP contribution >= 0.6 is 24.0 Å². The molecule has 0 bridgehead atoms. The van der Waals surface area contributed by atoms with E-state index in [4.69, 9.17) is 0 Å². The molecule has 1 saturated carbocycles. The average Bonchev–Trinajstić information content (AvgIpc) is 3.26. The van der Waals surface area contributed by atoms with Gasteiger partial charge in [-0.25, -0.2) is 0 Å². The number of nitro benzene ring substituents is 1. The maximum absolute atomic E-state index is 10.5. The Balaban J connectivity index is 0.00000220. The fraction of sp³-hybridized carbons (Fsp3) is 0.462. The third-order valence-corrected chi connectivity index (χ3v) is 2.97. The zero-order chi connectivity index (χ0) is 14.4. The molecule has 0 aliphatic heterocycles. The number of non-ortho nitro benzene ring substituents is 1. The molecule has 8 heteroatoms. The van der Waals surface area contributed by atoms with Crippen molar-refractivity contribution in [2.75, 3.05) is 25.5 Å². The highest BCUT2D eigenvalue weighted by Crippen LogP contribution is 2.18. The number of guanidine groups is 1. The van der Waals surface area contributed by atoms with Crippen LogP contribution in [0.1, 0.15) is 12.8 Å². The van der Waals surface area contributed by atoms with Gasteiger partial charge >= 0.3 is 0 Å². The first kappa shape index (κ1) is 17.5. The van der Waals surface area contributed by atoms with Crippen molar-refractivity contribution in [1.82, 2.24) is 10.6 Å². The number of halogens is 1. The Hall–Kier alpha value is -1.58. The average molecular weight is 405 g/mol. The highest BCUT2D eigenvalue weighted by molar-refractivity contribution is 14.0. The van der Waals surface area contributed by atoms with Crippen LogP contribution in [0.25, 0.3) is 0 Å². The predicted molar refractivity (Wildman–Crippen MR) is 94.5 cm³/mol. The van der Waals surface area contributed by atoms with Gasteiger partial charge in [0.2, 0.25) is 0 Å². The van der Waals surface area contributed by atoms with Crippen molar-refractivity contribution in [2.45, 2.75) is 18.9 Å². The Kier molecular flexibility index (Phi) is 7.20. The van der Waals surface area contributed by atoms with Gasteiger partial charge in [0.05, 0.1) is 4.92 Å². The van der Waals surface area contributed by atoms with E-state index < -0.39 is 4.92 Å². The van der Waals surface area contributed by atoms with E-state index in [-0.39, 0.29) is 29.7 Å². The quantitative estimate of drug-likeness (QED) is 0.168. The summed E-state index contributed by atoms with van der Waals surface area (Å²) in [4.78, 5) is 14.3. The molecule has 2 rings (SSSR count). The first-order valence-electron chi connectivity index (χ1n) is 6.64. The van der Waals surface area contributed by atoms with Crippen molar-refractivity contribution >= 4 is 41.3 Å². The van der Waals surface area contributed by atoms with Crippen LogP contribution in [0.2, 0.25) is 0 Å². The maximum atomic E-state index is 10.5. The number of hydrogen-bond acceptors (Lipinski definition) is 4. The zero-order valence-electron chi connectivity index (χ0n) is 11.8. The highest BCUT2D eigenvalue weighted by Gasteiger charge is 2.21. The molecule has 0 atom stereocenters. The summed E-state index contributed by atoms with van der Waals surface area (Å²) in [5.74, 6) is 0.818. The number of aliphatic imine (C=N–C) groups is 1. The number of nitrogens with zero attached hydrogens (tertiary/aromatic N) is 2. The van der Waals surface area contributed by atoms with Gasteiger partial charge in [0.1, 0.15) is 0 Å². The lowest BCUT2D eigenvalue weighted by molar-refractivity contribution is -0.384. The van der Waals surface area contributed by atoms with Gasteiger partial charge < -0.3 is 16.0 Å². The van der Waals surface area contributed by atoms with E-state index in [9.17, 15) is 10.1 Å². The molecule has 116 valence electrons. The number of rotatable bonds is 6. The number of nitro groups is 1. The normalized spacial score (nSPS) is 14.0. The van der Waals surface area contributed by atoms with Crippen molar-refractivity contribution in [3.63, 3.8) is 0 Å². The predicted octanol–water partition coefficient (Wildman–Crippen LogP) is 1.95. The Bertz CT molecular complexity index is 488. The summed E-state index contributed by atoms with van der Waals surface area (Å²) in [6, 6.07) is 6.96. The maximum Gasteiger partial charge on any atom is 0.269 e. The van der Waals surface area contributed by atoms with Crippen molar-refractivity contribution in [1.29, 1.82) is 0 Å². The third-order valence-electron chi connectivity index (χ3n) is 2.97. The minimum atomic E-state index is -0.404. The van der Waals surface area contributed by atoms with Crippen LogP contribution in [0.3, 0.4) is 0 Å². The van der Waals surface area contributed by atoms with E-state index in [1.54, 1.807) is 19.2 Å². The minimum absolute atomic E-state index is 0. The van der Waals surface area contributed by atoms with Crippen molar-refractivity contribution in [2.24, 2.45) is 4.99 Å². The standard InChI is InChI=1S/C13H19N5O2.HI/c1-14-13(17-11-2-3-11)16-9-8-15-10-4-6-12(7-5-10)18(19)20;/h4-7,11,15H,2-3,8-9H2,1H3,(H2,14,16,17);1H. The van der Waals surface area contributed by atoms with Gasteiger partial charge in [0.25, 0.3) is 5.69 Å². The fourth-order valence-corrected chi connectivity index (χ4v) is 1.70. The Morgan fingerprint density at radius 1 is 1.33 bits per heavy atom. The van der Waals surface area contributed by atoms with Gasteiger partial charge in [-0.15, -0.1) is 24.0 Å². The van der Waals surface area contributed by atoms with Crippen LogP contribution in [0, 0.1) is 10.1 Å². The molecule has 1 aliphatic rings. The Labute approximate surface area is 140 Å². The molecule has 1 aromatic carbocycles. The van der Waals surface area contributed by atoms with Gasteiger partial charge in [-0.3, -0.25) is 15.1 Å². The Morgan fingerprint density at radius 2 is 2.00 bits per heavy atom. The van der Waals surface area contributed by atoms with Gasteiger partial charge in [0, 0.05) is 44.0 Å². The number of anilines is 1. The van der Waals surface area contributed by atoms with E-state index in [1.165, 1.54) is 25.0 Å². The molecule has 0 spiro atoms. The van der Waals surface area contributed by atoms with E-state index in [0.717, 1.165) is 18.2 Å². The van der Waals surface area contributed by atoms with Gasteiger partial charge in [-0.05, 0) is 25.0 Å². The van der Waals surface area contributed by atoms with Crippen molar-refractivity contribution in [3.05, 3.63) is 34.4 Å². The number of benzene rings is 1. The van der Waals surface area contributed by atoms with Crippen molar-refractivity contribution in [3.8, 4) is 0 Å². The lowest BCUT2D eigenvalue weighted by atomic mass is 10.3. The van der Waals surface area contributed by atoms with Crippen LogP contribution in [0.15, 0.2) is 29.3 Å². The number of hydrogen-bond donors (Lipinski definition) is 3. The second-order valence-electron chi connectivity index (χ2n) is 4.65. The SMILES string of the molecule is CN=C(NCCNc1ccc([N+](=O)[O-])cc1)NC1CC1.I. The summed E-state index contributed by atoms with van der Waals surface area (Å²) >= 11 is 0. The van der Waals surface area contributed by atoms with Crippen LogP contribution in [-0.4, -0.2) is 37.1 Å². The van der Waals surface area contributed by atoms with Crippen LogP contribution in [0.4, 0.5) is 11.4 Å². The first-order chi connectivity index (χ1) is 9.69. The summed E-state index contributed by atoms with van der Waals surface area (Å²) in [6.45, 7) is 1.44. The topological polar surface area (TPSA) is 91.6 Å². The van der Waals surface area contributed by atoms with E-state index in [0.29, 0.717) is 12.6 Å². The molecule has 7 nitrogen and oxygen atoms in total. The summed E-state index contributed by atoms with van der Waals surface area (Å²) in [5, 5.41) is 20.2. The van der Waals surface area contributed by atoms with E-state index >= 15 is 0 Å². The molecule has 1 fully saturated rings. The Morgan fingerprint density at radius 3 is 2.52 bits per heavy atom. The summed E-state index contributed by atoms with van der Waals surface area (Å²) in [7, 11) is 1.75. The zero-order valence-corrected chi connectivity index (χ0v) is 14.2. The third kappa shape index (κ3) is 6.15. The molecule has 0 heterocycles. The smallest absolute Gasteiger partial charge is 0.269 e. The minimum Gasteiger partial charge on any atom is -0.383 e. The molecule has 3 N–H and O–H groups in total. The highest BCUT2D eigenvalue weighted by atomic mass is 127. The van der Waals surface area contributed by atoms with Crippen molar-refractivity contribution < 1.29 is 4.92 Å². The molecule has 0 amide bonds. The summed E-state index contributed by atoms with van der Waals surface area (Å²) in [6.07, 6.45) is 2.42. The lowest BCUT2D eigenvalue weighted by Crippen LogP contribution is -2.40. The van der Waals surface area contributed by atoms with E-state index in [2.05, 4.69) is 20.9 Å². The second kappa shape index (κ2) is 8.65. The van der Waals surface area contributed by atoms with Crippen LogP contribution in [-0.2, 0) is 0 Å². The lowest BCUT2D eigenvalue weighted by Gasteiger charge is -2.12. The second-order valence-corrected chi connectivity index (χ2v) is 4.65. The van der Waals surface area contributed by atoms with E-state index in [1.807, 2.05) is 0 Å². The van der Waals surface area contributed by atoms with Gasteiger partial charge in [0.15, 0.2) is 5.96 Å². The van der Waals surface area contributed by atoms with Crippen LogP contribution < -0.4 is 16.0 Å². The van der Waals surface area contributed by atoms with Gasteiger partial charge in [-0.2, -0.15) is 0 Å². The van der Waals surface area contributed by atoms with Crippen LogP contribution in [0.5, 0.6) is 0 Å². The molecule has 1 aromatic rings. The van der Waals surface area contributed by atoms with Gasteiger partial charge in [-0.1, -0.05) is 0 Å². The molecule has 0 unspecified atom stereocenters. The summed E-state index contributed by atoms with van der Waals surface area (Å²) < 4.78 is 0. The fourth-order valence-electron chi connectivity index (χ4n) is 1.70. The molecule has 0 radical (unpaired) electrons. The molecule has 21 heavy (non-hydrogen) atoms. The monoisotopic (exact) mass is 405 g/mol. The molecular weight excluding hydrogens is 385 g/mol. The molecule has 0 aromatic heterocycles. The molecule has 1 aliphatic carbocycles. The first-order valence-corrected chi connectivity index (χ1v) is 6.64. The largest absolute Gasteiger partial charge is 0.383 e. The molecular formula is C13H20IN5O2. The molecule has 0 saturated heterocycles. The number of nitrogens with one attached hydrogen (secondary N) is 3.